The number of nitrogens with zero attached hydrogens (tertiary/aromatic N) is 1. The van der Waals surface area contributed by atoms with Crippen molar-refractivity contribution in [2.45, 2.75) is 26.2 Å². The number of aromatic nitrogens is 1. The van der Waals surface area contributed by atoms with Gasteiger partial charge in [0, 0.05) is 16.1 Å². The Bertz CT molecular complexity index is 1470. The molecule has 0 unspecified atom stereocenters. The summed E-state index contributed by atoms with van der Waals surface area (Å²) in [5, 5.41) is 6.68. The van der Waals surface area contributed by atoms with Gasteiger partial charge in [-0.25, -0.2) is 4.68 Å². The summed E-state index contributed by atoms with van der Waals surface area (Å²) < 4.78 is 6.91. The fourth-order valence-corrected chi connectivity index (χ4v) is 4.10. The summed E-state index contributed by atoms with van der Waals surface area (Å²) in [5.74, 6) is -1.74. The smallest absolute Gasteiger partial charge is 0.328 e. The molecule has 0 radical (unpaired) electrons. The van der Waals surface area contributed by atoms with Gasteiger partial charge in [-0.1, -0.05) is 55.1 Å². The van der Waals surface area contributed by atoms with Gasteiger partial charge in [0.25, 0.3) is 5.91 Å². The Balaban J connectivity index is 1.49. The van der Waals surface area contributed by atoms with Gasteiger partial charge in [-0.2, -0.15) is 0 Å². The summed E-state index contributed by atoms with van der Waals surface area (Å²) in [5.41, 5.74) is 3.88. The number of unbranched alkanes of at least 4 members (excludes halogenated alkanes) is 2. The molecule has 0 saturated heterocycles. The van der Waals surface area contributed by atoms with Crippen LogP contribution in [0.4, 0.5) is 11.4 Å². The Labute approximate surface area is 229 Å². The van der Waals surface area contributed by atoms with Crippen LogP contribution in [0.2, 0.25) is 10.0 Å². The van der Waals surface area contributed by atoms with Crippen molar-refractivity contribution >= 4 is 63.2 Å². The zero-order valence-electron chi connectivity index (χ0n) is 20.6. The van der Waals surface area contributed by atoms with Gasteiger partial charge in [-0.15, -0.1) is 0 Å². The lowest BCUT2D eigenvalue weighted by atomic mass is 10.2. The van der Waals surface area contributed by atoms with E-state index in [2.05, 4.69) is 23.0 Å². The first kappa shape index (κ1) is 27.0. The third kappa shape index (κ3) is 6.65. The molecule has 0 aliphatic rings. The Morgan fingerprint density at radius 3 is 2.37 bits per heavy atom. The molecule has 0 bridgehead atoms. The van der Waals surface area contributed by atoms with Crippen LogP contribution in [0.25, 0.3) is 10.9 Å². The minimum atomic E-state index is -0.968. The highest BCUT2D eigenvalue weighted by Crippen LogP contribution is 2.25. The molecule has 0 aliphatic heterocycles. The van der Waals surface area contributed by atoms with Crippen LogP contribution in [-0.4, -0.2) is 29.0 Å². The number of ether oxygens (including phenoxy) is 1. The SMILES string of the molecule is CCCCCOc1ccc(NC(=O)C(=O)Nn2c(C(=O)Nc3ccccc3Cl)cc3cc(Cl)ccc32)cc1. The molecule has 196 valence electrons. The molecule has 3 amide bonds. The molecule has 1 aromatic heterocycles. The fourth-order valence-electron chi connectivity index (χ4n) is 3.74. The molecular weight excluding hydrogens is 527 g/mol. The van der Waals surface area contributed by atoms with Crippen LogP contribution in [0.1, 0.15) is 36.7 Å². The van der Waals surface area contributed by atoms with Gasteiger partial charge < -0.3 is 15.4 Å². The van der Waals surface area contributed by atoms with E-state index in [0.717, 1.165) is 19.3 Å². The first-order chi connectivity index (χ1) is 18.4. The number of para-hydroxylation sites is 1. The summed E-state index contributed by atoms with van der Waals surface area (Å²) in [7, 11) is 0. The molecule has 4 rings (SSSR count). The number of benzene rings is 3. The standard InChI is InChI=1S/C28H26Cl2N4O4/c1-2-3-6-15-38-21-12-10-20(11-13-21)31-27(36)28(37)33-34-24-14-9-19(29)16-18(24)17-25(34)26(35)32-23-8-5-4-7-22(23)30/h4-5,7-14,16-17H,2-3,6,15H2,1H3,(H,31,36)(H,32,35)(H,33,37). The van der Waals surface area contributed by atoms with E-state index in [4.69, 9.17) is 27.9 Å². The van der Waals surface area contributed by atoms with Crippen molar-refractivity contribution < 1.29 is 19.1 Å². The van der Waals surface area contributed by atoms with Crippen molar-refractivity contribution in [1.82, 2.24) is 4.68 Å². The molecule has 4 aromatic rings. The first-order valence-electron chi connectivity index (χ1n) is 12.1. The zero-order valence-corrected chi connectivity index (χ0v) is 22.1. The molecule has 3 N–H and O–H groups in total. The first-order valence-corrected chi connectivity index (χ1v) is 12.8. The molecule has 10 heteroatoms. The predicted molar refractivity (Wildman–Crippen MR) is 151 cm³/mol. The van der Waals surface area contributed by atoms with Crippen LogP contribution >= 0.6 is 23.2 Å². The monoisotopic (exact) mass is 552 g/mol. The second-order valence-corrected chi connectivity index (χ2v) is 9.32. The molecular formula is C28H26Cl2N4O4. The van der Waals surface area contributed by atoms with Crippen molar-refractivity contribution in [1.29, 1.82) is 0 Å². The van der Waals surface area contributed by atoms with Crippen LogP contribution in [0, 0.1) is 0 Å². The zero-order chi connectivity index (χ0) is 27.1. The lowest BCUT2D eigenvalue weighted by Gasteiger charge is -2.13. The normalized spacial score (nSPS) is 10.7. The summed E-state index contributed by atoms with van der Waals surface area (Å²) in [4.78, 5) is 38.6. The van der Waals surface area contributed by atoms with Gasteiger partial charge in [0.1, 0.15) is 11.4 Å². The minimum absolute atomic E-state index is 0.0768. The Morgan fingerprint density at radius 1 is 0.868 bits per heavy atom. The number of carbonyl (C=O) groups excluding carboxylic acids is 3. The molecule has 0 fully saturated rings. The van der Waals surface area contributed by atoms with Crippen molar-refractivity contribution in [2.24, 2.45) is 0 Å². The fraction of sp³-hybridized carbons (Fsp3) is 0.179. The van der Waals surface area contributed by atoms with Crippen molar-refractivity contribution in [3.05, 3.63) is 88.5 Å². The van der Waals surface area contributed by atoms with Gasteiger partial charge in [0.05, 0.1) is 22.8 Å². The highest BCUT2D eigenvalue weighted by Gasteiger charge is 2.21. The second-order valence-electron chi connectivity index (χ2n) is 8.48. The topological polar surface area (TPSA) is 101 Å². The molecule has 0 atom stereocenters. The molecule has 3 aromatic carbocycles. The van der Waals surface area contributed by atoms with E-state index >= 15 is 0 Å². The average molecular weight is 553 g/mol. The number of nitrogens with one attached hydrogen (secondary N) is 3. The number of anilines is 2. The number of amides is 3. The molecule has 8 nitrogen and oxygen atoms in total. The van der Waals surface area contributed by atoms with Gasteiger partial charge >= 0.3 is 11.8 Å². The largest absolute Gasteiger partial charge is 0.494 e. The maximum Gasteiger partial charge on any atom is 0.328 e. The maximum atomic E-state index is 13.1. The molecule has 0 aliphatic carbocycles. The van der Waals surface area contributed by atoms with E-state index in [0.29, 0.717) is 44.7 Å². The van der Waals surface area contributed by atoms with Crippen LogP contribution in [0.15, 0.2) is 72.8 Å². The van der Waals surface area contributed by atoms with E-state index in [-0.39, 0.29) is 5.69 Å². The highest BCUT2D eigenvalue weighted by molar-refractivity contribution is 6.42. The summed E-state index contributed by atoms with van der Waals surface area (Å²) >= 11 is 12.3. The Morgan fingerprint density at radius 2 is 1.63 bits per heavy atom. The van der Waals surface area contributed by atoms with E-state index in [1.54, 1.807) is 72.8 Å². The van der Waals surface area contributed by atoms with Crippen LogP contribution in [-0.2, 0) is 9.59 Å². The van der Waals surface area contributed by atoms with Crippen molar-refractivity contribution in [3.8, 4) is 5.75 Å². The summed E-state index contributed by atoms with van der Waals surface area (Å²) in [6, 6.07) is 20.0. The summed E-state index contributed by atoms with van der Waals surface area (Å²) in [6.07, 6.45) is 3.17. The Kier molecular flexibility index (Phi) is 8.89. The molecule has 0 saturated carbocycles. The lowest BCUT2D eigenvalue weighted by Crippen LogP contribution is -2.36. The van der Waals surface area contributed by atoms with Crippen molar-refractivity contribution in [2.75, 3.05) is 22.7 Å². The van der Waals surface area contributed by atoms with Crippen LogP contribution in [0.5, 0.6) is 5.75 Å². The molecule has 1 heterocycles. The number of hydrogen-bond acceptors (Lipinski definition) is 4. The number of fused-ring (bicyclic) bond motifs is 1. The maximum absolute atomic E-state index is 13.1. The summed E-state index contributed by atoms with van der Waals surface area (Å²) in [6.45, 7) is 2.74. The third-order valence-corrected chi connectivity index (χ3v) is 6.23. The third-order valence-electron chi connectivity index (χ3n) is 5.67. The second kappa shape index (κ2) is 12.5. The van der Waals surface area contributed by atoms with Crippen molar-refractivity contribution in [3.63, 3.8) is 0 Å². The van der Waals surface area contributed by atoms with Gasteiger partial charge in [0.15, 0.2) is 0 Å². The molecule has 38 heavy (non-hydrogen) atoms. The van der Waals surface area contributed by atoms with E-state index in [1.807, 2.05) is 0 Å². The number of halogens is 2. The number of hydrogen-bond donors (Lipinski definition) is 3. The van der Waals surface area contributed by atoms with Gasteiger partial charge in [-0.05, 0) is 67.1 Å². The quantitative estimate of drug-likeness (QED) is 0.163. The number of rotatable bonds is 9. The van der Waals surface area contributed by atoms with E-state index in [1.165, 1.54) is 4.68 Å². The predicted octanol–water partition coefficient (Wildman–Crippen LogP) is 6.48. The number of carbonyl (C=O) groups is 3. The highest BCUT2D eigenvalue weighted by atomic mass is 35.5. The lowest BCUT2D eigenvalue weighted by molar-refractivity contribution is -0.133. The molecule has 0 spiro atoms. The average Bonchev–Trinajstić information content (AvgIpc) is 3.26. The van der Waals surface area contributed by atoms with Gasteiger partial charge in [-0.3, -0.25) is 19.8 Å². The van der Waals surface area contributed by atoms with E-state index < -0.39 is 17.7 Å². The van der Waals surface area contributed by atoms with E-state index in [9.17, 15) is 14.4 Å². The Hall–Kier alpha value is -4.01. The van der Waals surface area contributed by atoms with Crippen LogP contribution < -0.4 is 20.8 Å². The van der Waals surface area contributed by atoms with Crippen LogP contribution in [0.3, 0.4) is 0 Å². The minimum Gasteiger partial charge on any atom is -0.494 e. The van der Waals surface area contributed by atoms with Gasteiger partial charge in [0.2, 0.25) is 0 Å².